The summed E-state index contributed by atoms with van der Waals surface area (Å²) in [7, 11) is -3.51. The molecule has 7 nitrogen and oxygen atoms in total. The van der Waals surface area contributed by atoms with Gasteiger partial charge in [-0.25, -0.2) is 22.2 Å². The molecule has 0 fully saturated rings. The van der Waals surface area contributed by atoms with Crippen molar-refractivity contribution in [1.29, 1.82) is 0 Å². The minimum Gasteiger partial charge on any atom is -0.478 e. The predicted octanol–water partition coefficient (Wildman–Crippen LogP) is 0.0773. The van der Waals surface area contributed by atoms with Gasteiger partial charge >= 0.3 is 5.97 Å². The quantitative estimate of drug-likeness (QED) is 0.804. The lowest BCUT2D eigenvalue weighted by atomic mass is 10.0. The zero-order valence-corrected chi connectivity index (χ0v) is 10.6. The highest BCUT2D eigenvalue weighted by atomic mass is 32.2. The Morgan fingerprint density at radius 2 is 2.22 bits per heavy atom. The van der Waals surface area contributed by atoms with Gasteiger partial charge in [0.2, 0.25) is 16.0 Å². The van der Waals surface area contributed by atoms with Gasteiger partial charge in [-0.3, -0.25) is 0 Å². The fourth-order valence-electron chi connectivity index (χ4n) is 1.92. The number of nitrogens with two attached hydrogens (primary N) is 1. The van der Waals surface area contributed by atoms with Crippen LogP contribution in [-0.4, -0.2) is 34.2 Å². The zero-order chi connectivity index (χ0) is 13.5. The minimum absolute atomic E-state index is 0.0878. The fraction of sp³-hybridized carbons (Fsp3) is 0.400. The number of nitrogens with zero attached hydrogens (tertiary/aromatic N) is 2. The van der Waals surface area contributed by atoms with E-state index in [0.29, 0.717) is 17.8 Å². The first-order valence-corrected chi connectivity index (χ1v) is 7.02. The van der Waals surface area contributed by atoms with E-state index >= 15 is 0 Å². The Labute approximate surface area is 104 Å². The Hall–Kier alpha value is -1.83. The van der Waals surface area contributed by atoms with Crippen molar-refractivity contribution in [2.75, 3.05) is 11.5 Å². The van der Waals surface area contributed by atoms with E-state index in [9.17, 15) is 13.2 Å². The number of imidazole rings is 1. The third-order valence-corrected chi connectivity index (χ3v) is 4.54. The van der Waals surface area contributed by atoms with Gasteiger partial charge in [0.25, 0.3) is 0 Å². The molecule has 1 aliphatic rings. The van der Waals surface area contributed by atoms with Crippen molar-refractivity contribution in [2.24, 2.45) is 0 Å². The monoisotopic (exact) mass is 271 g/mol. The van der Waals surface area contributed by atoms with Gasteiger partial charge in [-0.1, -0.05) is 0 Å². The summed E-state index contributed by atoms with van der Waals surface area (Å²) in [5, 5.41) is 8.89. The molecular weight excluding hydrogens is 258 g/mol. The predicted molar refractivity (Wildman–Crippen MR) is 65.4 cm³/mol. The molecule has 0 atom stereocenters. The molecule has 18 heavy (non-hydrogen) atoms. The van der Waals surface area contributed by atoms with Crippen molar-refractivity contribution in [3.05, 3.63) is 17.0 Å². The lowest BCUT2D eigenvalue weighted by molar-refractivity contribution is -0.132. The first kappa shape index (κ1) is 12.6. The Morgan fingerprint density at radius 3 is 2.78 bits per heavy atom. The maximum absolute atomic E-state index is 11.9. The van der Waals surface area contributed by atoms with Gasteiger partial charge in [0.05, 0.1) is 17.1 Å². The average Bonchev–Trinajstić information content (AvgIpc) is 2.64. The molecule has 8 heteroatoms. The second-order valence-corrected chi connectivity index (χ2v) is 6.05. The van der Waals surface area contributed by atoms with E-state index in [0.717, 1.165) is 3.97 Å². The number of carboxylic acids is 1. The molecule has 1 heterocycles. The van der Waals surface area contributed by atoms with Crippen LogP contribution in [0.5, 0.6) is 0 Å². The largest absolute Gasteiger partial charge is 0.478 e. The molecule has 0 spiro atoms. The molecule has 0 unspecified atom stereocenters. The molecule has 3 N–H and O–H groups in total. The van der Waals surface area contributed by atoms with Crippen LogP contribution in [0.25, 0.3) is 6.08 Å². The third kappa shape index (κ3) is 1.88. The molecule has 0 aliphatic heterocycles. The van der Waals surface area contributed by atoms with Crippen molar-refractivity contribution in [3.8, 4) is 0 Å². The molecule has 2 rings (SSSR count). The summed E-state index contributed by atoms with van der Waals surface area (Å²) in [4.78, 5) is 14.8. The Balaban J connectivity index is 2.61. The van der Waals surface area contributed by atoms with Gasteiger partial charge in [-0.15, -0.1) is 0 Å². The van der Waals surface area contributed by atoms with E-state index in [2.05, 4.69) is 4.98 Å². The SMILES string of the molecule is CCS(=O)(=O)n1c(N)nc2c1CCC(C(=O)O)=C2. The van der Waals surface area contributed by atoms with Crippen LogP contribution in [0.15, 0.2) is 5.57 Å². The van der Waals surface area contributed by atoms with Crippen molar-refractivity contribution in [1.82, 2.24) is 8.96 Å². The lowest BCUT2D eigenvalue weighted by Crippen LogP contribution is -2.20. The molecule has 0 amide bonds. The highest BCUT2D eigenvalue weighted by Crippen LogP contribution is 2.27. The number of aliphatic carboxylic acids is 1. The standard InChI is InChI=1S/C10H13N3O4S/c1-2-18(16,17)13-8-4-3-6(9(14)15)5-7(8)12-10(13)11/h5H,2-4H2,1H3,(H2,11,12)(H,14,15). The molecule has 1 aliphatic carbocycles. The number of rotatable bonds is 3. The smallest absolute Gasteiger partial charge is 0.331 e. The number of hydrogen-bond donors (Lipinski definition) is 2. The molecular formula is C10H13N3O4S. The van der Waals surface area contributed by atoms with E-state index < -0.39 is 16.0 Å². The van der Waals surface area contributed by atoms with Crippen LogP contribution >= 0.6 is 0 Å². The first-order chi connectivity index (χ1) is 8.36. The van der Waals surface area contributed by atoms with Crippen molar-refractivity contribution in [3.63, 3.8) is 0 Å². The molecule has 0 saturated heterocycles. The third-order valence-electron chi connectivity index (χ3n) is 2.84. The molecule has 0 aromatic carbocycles. The van der Waals surface area contributed by atoms with Crippen molar-refractivity contribution < 1.29 is 18.3 Å². The number of carbonyl (C=O) groups is 1. The number of nitrogen functional groups attached to an aromatic ring is 1. The van der Waals surface area contributed by atoms with Gasteiger partial charge in [0, 0.05) is 5.57 Å². The summed E-state index contributed by atoms with van der Waals surface area (Å²) in [5.41, 5.74) is 6.59. The van der Waals surface area contributed by atoms with Gasteiger partial charge < -0.3 is 10.8 Å². The van der Waals surface area contributed by atoms with E-state index in [1.54, 1.807) is 0 Å². The van der Waals surface area contributed by atoms with Crippen LogP contribution in [0, 0.1) is 0 Å². The molecule has 0 radical (unpaired) electrons. The van der Waals surface area contributed by atoms with Crippen LogP contribution in [0.1, 0.15) is 24.7 Å². The van der Waals surface area contributed by atoms with E-state index in [4.69, 9.17) is 10.8 Å². The normalized spacial score (nSPS) is 15.1. The lowest BCUT2D eigenvalue weighted by Gasteiger charge is -2.13. The van der Waals surface area contributed by atoms with Gasteiger partial charge in [-0.2, -0.15) is 0 Å². The van der Waals surface area contributed by atoms with E-state index in [1.165, 1.54) is 13.0 Å². The highest BCUT2D eigenvalue weighted by molar-refractivity contribution is 7.90. The first-order valence-electron chi connectivity index (χ1n) is 5.41. The number of hydrogen-bond acceptors (Lipinski definition) is 5. The Kier molecular flexibility index (Phi) is 2.89. The summed E-state index contributed by atoms with van der Waals surface area (Å²) in [6.07, 6.45) is 1.95. The van der Waals surface area contributed by atoms with E-state index in [1.807, 2.05) is 0 Å². The molecule has 1 aromatic heterocycles. The summed E-state index contributed by atoms with van der Waals surface area (Å²) in [6.45, 7) is 1.52. The summed E-state index contributed by atoms with van der Waals surface area (Å²) < 4.78 is 24.8. The Bertz CT molecular complexity index is 642. The number of anilines is 1. The van der Waals surface area contributed by atoms with Crippen molar-refractivity contribution >= 4 is 28.0 Å². The maximum atomic E-state index is 11.9. The maximum Gasteiger partial charge on any atom is 0.331 e. The highest BCUT2D eigenvalue weighted by Gasteiger charge is 2.26. The topological polar surface area (TPSA) is 115 Å². The number of carboxylic acid groups (broad SMARTS) is 1. The van der Waals surface area contributed by atoms with Crippen LogP contribution < -0.4 is 5.73 Å². The molecule has 98 valence electrons. The zero-order valence-electron chi connectivity index (χ0n) is 9.75. The van der Waals surface area contributed by atoms with Gasteiger partial charge in [-0.05, 0) is 25.8 Å². The van der Waals surface area contributed by atoms with Gasteiger partial charge in [0.15, 0.2) is 0 Å². The molecule has 0 saturated carbocycles. The second kappa shape index (κ2) is 4.13. The van der Waals surface area contributed by atoms with Crippen molar-refractivity contribution in [2.45, 2.75) is 19.8 Å². The molecule has 0 bridgehead atoms. The van der Waals surface area contributed by atoms with Crippen LogP contribution in [0.3, 0.4) is 0 Å². The second-order valence-electron chi connectivity index (χ2n) is 3.94. The van der Waals surface area contributed by atoms with Crippen LogP contribution in [-0.2, 0) is 21.2 Å². The number of aromatic nitrogens is 2. The number of fused-ring (bicyclic) bond motifs is 1. The fourth-order valence-corrected chi connectivity index (χ4v) is 3.02. The Morgan fingerprint density at radius 1 is 1.56 bits per heavy atom. The van der Waals surface area contributed by atoms with Crippen LogP contribution in [0.2, 0.25) is 0 Å². The summed E-state index contributed by atoms with van der Waals surface area (Å²) >= 11 is 0. The molecule has 1 aromatic rings. The van der Waals surface area contributed by atoms with Gasteiger partial charge in [0.1, 0.15) is 0 Å². The summed E-state index contributed by atoms with van der Waals surface area (Å²) in [5.74, 6) is -1.23. The van der Waals surface area contributed by atoms with E-state index in [-0.39, 0.29) is 23.7 Å². The summed E-state index contributed by atoms with van der Waals surface area (Å²) in [6, 6.07) is 0. The average molecular weight is 271 g/mol. The van der Waals surface area contributed by atoms with Crippen LogP contribution in [0.4, 0.5) is 5.95 Å². The minimum atomic E-state index is -3.51.